The van der Waals surface area contributed by atoms with Crippen molar-refractivity contribution in [3.05, 3.63) is 33.8 Å². The number of hydrogen-bond acceptors (Lipinski definition) is 1. The molecule has 0 aliphatic carbocycles. The molecule has 2 unspecified atom stereocenters. The van der Waals surface area contributed by atoms with Gasteiger partial charge in [0.2, 0.25) is 0 Å². The van der Waals surface area contributed by atoms with Crippen LogP contribution in [0.2, 0.25) is 10.0 Å². The van der Waals surface area contributed by atoms with Gasteiger partial charge in [-0.1, -0.05) is 68.8 Å². The molecule has 0 fully saturated rings. The zero-order valence-corrected chi connectivity index (χ0v) is 12.8. The molecular weight excluding hydrogens is 265 g/mol. The Hall–Kier alpha value is -0.240. The largest absolute Gasteiger partial charge is 0.324 e. The van der Waals surface area contributed by atoms with Crippen LogP contribution in [0.5, 0.6) is 0 Å². The molecule has 1 aromatic rings. The van der Waals surface area contributed by atoms with E-state index in [-0.39, 0.29) is 6.04 Å². The molecule has 1 rings (SSSR count). The van der Waals surface area contributed by atoms with E-state index in [2.05, 4.69) is 13.8 Å². The molecule has 1 nitrogen and oxygen atoms in total. The van der Waals surface area contributed by atoms with E-state index in [9.17, 15) is 0 Å². The summed E-state index contributed by atoms with van der Waals surface area (Å²) in [6.07, 6.45) is 5.95. The van der Waals surface area contributed by atoms with E-state index >= 15 is 0 Å². The molecule has 0 heterocycles. The fourth-order valence-corrected chi connectivity index (χ4v) is 2.82. The summed E-state index contributed by atoms with van der Waals surface area (Å²) in [6, 6.07) is 5.58. The van der Waals surface area contributed by atoms with Crippen LogP contribution in [0.3, 0.4) is 0 Å². The Labute approximate surface area is 121 Å². The fourth-order valence-electron chi connectivity index (χ4n) is 2.27. The maximum Gasteiger partial charge on any atom is 0.0468 e. The minimum Gasteiger partial charge on any atom is -0.324 e. The summed E-state index contributed by atoms with van der Waals surface area (Å²) in [7, 11) is 0. The lowest BCUT2D eigenvalue weighted by Crippen LogP contribution is -2.15. The molecule has 0 aliphatic rings. The molecule has 2 atom stereocenters. The Kier molecular flexibility index (Phi) is 7.06. The number of hydrogen-bond donors (Lipinski definition) is 1. The first kappa shape index (κ1) is 15.8. The topological polar surface area (TPSA) is 26.0 Å². The average Bonchev–Trinajstić information content (AvgIpc) is 2.34. The SMILES string of the molecule is CCCCC(CC)CC(N)c1ccc(Cl)cc1Cl. The van der Waals surface area contributed by atoms with Crippen molar-refractivity contribution in [2.75, 3.05) is 0 Å². The van der Waals surface area contributed by atoms with Gasteiger partial charge in [-0.2, -0.15) is 0 Å². The number of halogens is 2. The summed E-state index contributed by atoms with van der Waals surface area (Å²) in [5.74, 6) is 0.687. The Balaban J connectivity index is 2.65. The summed E-state index contributed by atoms with van der Waals surface area (Å²) >= 11 is 12.1. The monoisotopic (exact) mass is 287 g/mol. The van der Waals surface area contributed by atoms with Crippen molar-refractivity contribution in [1.29, 1.82) is 0 Å². The Morgan fingerprint density at radius 1 is 1.22 bits per heavy atom. The van der Waals surface area contributed by atoms with Crippen LogP contribution in [-0.2, 0) is 0 Å². The van der Waals surface area contributed by atoms with E-state index in [1.807, 2.05) is 12.1 Å². The molecule has 2 N–H and O–H groups in total. The standard InChI is InChI=1S/C15H23Cl2N/c1-3-5-6-11(4-2)9-15(18)13-8-7-12(16)10-14(13)17/h7-8,10-11,15H,3-6,9,18H2,1-2H3. The Morgan fingerprint density at radius 2 is 1.94 bits per heavy atom. The summed E-state index contributed by atoms with van der Waals surface area (Å²) in [4.78, 5) is 0. The van der Waals surface area contributed by atoms with E-state index in [4.69, 9.17) is 28.9 Å². The van der Waals surface area contributed by atoms with Crippen LogP contribution < -0.4 is 5.73 Å². The van der Waals surface area contributed by atoms with Crippen LogP contribution in [0, 0.1) is 5.92 Å². The van der Waals surface area contributed by atoms with E-state index in [1.54, 1.807) is 6.07 Å². The smallest absolute Gasteiger partial charge is 0.0468 e. The summed E-state index contributed by atoms with van der Waals surface area (Å²) in [5.41, 5.74) is 7.28. The average molecular weight is 288 g/mol. The third-order valence-corrected chi connectivity index (χ3v) is 4.05. The van der Waals surface area contributed by atoms with Gasteiger partial charge in [-0.3, -0.25) is 0 Å². The molecular formula is C15H23Cl2N. The third-order valence-electron chi connectivity index (χ3n) is 3.49. The second-order valence-corrected chi connectivity index (χ2v) is 5.77. The van der Waals surface area contributed by atoms with Crippen LogP contribution in [0.15, 0.2) is 18.2 Å². The zero-order chi connectivity index (χ0) is 13.5. The predicted octanol–water partition coefficient (Wildman–Crippen LogP) is 5.60. The Bertz CT molecular complexity index is 366. The highest BCUT2D eigenvalue weighted by Crippen LogP contribution is 2.30. The highest BCUT2D eigenvalue weighted by molar-refractivity contribution is 6.35. The molecule has 3 heteroatoms. The highest BCUT2D eigenvalue weighted by Gasteiger charge is 2.15. The molecule has 0 amide bonds. The van der Waals surface area contributed by atoms with Crippen molar-refractivity contribution < 1.29 is 0 Å². The second-order valence-electron chi connectivity index (χ2n) is 4.92. The van der Waals surface area contributed by atoms with Crippen LogP contribution >= 0.6 is 23.2 Å². The van der Waals surface area contributed by atoms with Crippen LogP contribution in [-0.4, -0.2) is 0 Å². The molecule has 1 aromatic carbocycles. The van der Waals surface area contributed by atoms with Crippen molar-refractivity contribution in [3.8, 4) is 0 Å². The van der Waals surface area contributed by atoms with Crippen molar-refractivity contribution in [3.63, 3.8) is 0 Å². The normalized spacial score (nSPS) is 14.5. The lowest BCUT2D eigenvalue weighted by atomic mass is 9.89. The van der Waals surface area contributed by atoms with Crippen LogP contribution in [0.25, 0.3) is 0 Å². The number of benzene rings is 1. The van der Waals surface area contributed by atoms with Gasteiger partial charge in [0.25, 0.3) is 0 Å². The minimum atomic E-state index is 0.0107. The summed E-state index contributed by atoms with van der Waals surface area (Å²) in [5, 5.41) is 1.34. The van der Waals surface area contributed by atoms with Gasteiger partial charge in [-0.25, -0.2) is 0 Å². The lowest BCUT2D eigenvalue weighted by Gasteiger charge is -2.20. The summed E-state index contributed by atoms with van der Waals surface area (Å²) < 4.78 is 0. The molecule has 0 radical (unpaired) electrons. The number of rotatable bonds is 7. The van der Waals surface area contributed by atoms with E-state index < -0.39 is 0 Å². The molecule has 0 aromatic heterocycles. The van der Waals surface area contributed by atoms with Crippen LogP contribution in [0.4, 0.5) is 0 Å². The van der Waals surface area contributed by atoms with Gasteiger partial charge >= 0.3 is 0 Å². The molecule has 102 valence electrons. The molecule has 0 aliphatic heterocycles. The Morgan fingerprint density at radius 3 is 2.50 bits per heavy atom. The first-order valence-electron chi connectivity index (χ1n) is 6.79. The van der Waals surface area contributed by atoms with Gasteiger partial charge in [-0.05, 0) is 30.0 Å². The number of unbranched alkanes of at least 4 members (excludes halogenated alkanes) is 1. The van der Waals surface area contributed by atoms with Gasteiger partial charge < -0.3 is 5.73 Å². The van der Waals surface area contributed by atoms with Crippen molar-refractivity contribution in [2.24, 2.45) is 11.7 Å². The lowest BCUT2D eigenvalue weighted by molar-refractivity contribution is 0.388. The van der Waals surface area contributed by atoms with Crippen LogP contribution in [0.1, 0.15) is 57.6 Å². The van der Waals surface area contributed by atoms with E-state index in [0.29, 0.717) is 16.0 Å². The number of nitrogens with two attached hydrogens (primary N) is 1. The predicted molar refractivity (Wildman–Crippen MR) is 81.3 cm³/mol. The van der Waals surface area contributed by atoms with Gasteiger partial charge in [-0.15, -0.1) is 0 Å². The highest BCUT2D eigenvalue weighted by atomic mass is 35.5. The van der Waals surface area contributed by atoms with E-state index in [1.165, 1.54) is 25.7 Å². The molecule has 0 bridgehead atoms. The molecule has 0 spiro atoms. The molecule has 18 heavy (non-hydrogen) atoms. The van der Waals surface area contributed by atoms with E-state index in [0.717, 1.165) is 12.0 Å². The first-order chi connectivity index (χ1) is 8.58. The summed E-state index contributed by atoms with van der Waals surface area (Å²) in [6.45, 7) is 4.46. The van der Waals surface area contributed by atoms with Crippen molar-refractivity contribution in [1.82, 2.24) is 0 Å². The fraction of sp³-hybridized carbons (Fsp3) is 0.600. The van der Waals surface area contributed by atoms with Gasteiger partial charge in [0, 0.05) is 16.1 Å². The quantitative estimate of drug-likeness (QED) is 0.694. The van der Waals surface area contributed by atoms with Crippen molar-refractivity contribution >= 4 is 23.2 Å². The maximum absolute atomic E-state index is 6.27. The maximum atomic E-state index is 6.27. The molecule has 0 saturated carbocycles. The van der Waals surface area contributed by atoms with Gasteiger partial charge in [0.1, 0.15) is 0 Å². The van der Waals surface area contributed by atoms with Gasteiger partial charge in [0.15, 0.2) is 0 Å². The minimum absolute atomic E-state index is 0.0107. The first-order valence-corrected chi connectivity index (χ1v) is 7.54. The van der Waals surface area contributed by atoms with Gasteiger partial charge in [0.05, 0.1) is 0 Å². The zero-order valence-electron chi connectivity index (χ0n) is 11.3. The van der Waals surface area contributed by atoms with Crippen molar-refractivity contribution in [2.45, 2.75) is 52.0 Å². The molecule has 0 saturated heterocycles. The third kappa shape index (κ3) is 4.79. The second kappa shape index (κ2) is 8.04.